The third kappa shape index (κ3) is 3.62. The summed E-state index contributed by atoms with van der Waals surface area (Å²) in [5.74, 6) is 0.937. The summed E-state index contributed by atoms with van der Waals surface area (Å²) in [6.07, 6.45) is 0.843. The minimum Gasteiger partial charge on any atom is -0.370 e. The lowest BCUT2D eigenvalue weighted by atomic mass is 9.92. The molecular formula is C26H30FN3. The van der Waals surface area contributed by atoms with E-state index in [0.717, 1.165) is 35.7 Å². The Balaban J connectivity index is 1.51. The maximum atomic E-state index is 13.7. The molecule has 0 amide bonds. The molecule has 1 heterocycles. The van der Waals surface area contributed by atoms with Crippen molar-refractivity contribution in [1.82, 2.24) is 10.2 Å². The average Bonchev–Trinajstić information content (AvgIpc) is 3.16. The molecule has 1 unspecified atom stereocenters. The van der Waals surface area contributed by atoms with E-state index >= 15 is 0 Å². The molecule has 1 aliphatic carbocycles. The molecule has 3 nitrogen and oxygen atoms in total. The number of hydrogen-bond donors (Lipinski definition) is 2. The molecule has 0 aromatic heterocycles. The second-order valence-corrected chi connectivity index (χ2v) is 8.77. The summed E-state index contributed by atoms with van der Waals surface area (Å²) in [5.41, 5.74) is 9.20. The fourth-order valence-electron chi connectivity index (χ4n) is 4.58. The molecule has 0 fully saturated rings. The molecule has 2 N–H and O–H groups in total. The largest absolute Gasteiger partial charge is 0.370 e. The molecule has 1 aliphatic heterocycles. The summed E-state index contributed by atoms with van der Waals surface area (Å²) in [7, 11) is 2.06. The molecule has 4 rings (SSSR count). The number of benzene rings is 2. The van der Waals surface area contributed by atoms with Gasteiger partial charge in [-0.15, -0.1) is 0 Å². The normalized spacial score (nSPS) is 16.1. The van der Waals surface area contributed by atoms with Crippen molar-refractivity contribution < 1.29 is 4.39 Å². The molecular weight excluding hydrogens is 373 g/mol. The zero-order chi connectivity index (χ0) is 21.6. The Hall–Kier alpha value is -3.01. The van der Waals surface area contributed by atoms with E-state index in [1.807, 2.05) is 6.07 Å². The van der Waals surface area contributed by atoms with E-state index in [1.165, 1.54) is 27.8 Å². The molecule has 0 radical (unpaired) electrons. The van der Waals surface area contributed by atoms with Crippen molar-refractivity contribution in [1.29, 1.82) is 0 Å². The van der Waals surface area contributed by atoms with E-state index in [2.05, 4.69) is 74.7 Å². The number of nitrogens with one attached hydrogen (secondary N) is 2. The van der Waals surface area contributed by atoms with Gasteiger partial charge in [0, 0.05) is 30.5 Å². The van der Waals surface area contributed by atoms with Crippen LogP contribution in [0.4, 0.5) is 10.1 Å². The van der Waals surface area contributed by atoms with Crippen molar-refractivity contribution in [2.24, 2.45) is 5.92 Å². The maximum absolute atomic E-state index is 13.7. The van der Waals surface area contributed by atoms with Crippen molar-refractivity contribution in [3.8, 4) is 0 Å². The van der Waals surface area contributed by atoms with Crippen LogP contribution < -0.4 is 10.6 Å². The lowest BCUT2D eigenvalue weighted by molar-refractivity contribution is 0.479. The smallest absolute Gasteiger partial charge is 0.123 e. The van der Waals surface area contributed by atoms with Crippen LogP contribution in [0, 0.1) is 11.7 Å². The Morgan fingerprint density at radius 2 is 1.83 bits per heavy atom. The standard InChI is InChI=1S/C26H30FN3/c1-15(2)26(24-11-19-7-9-21(27)12-23(19)16(24)3)29-18(5)28-22-10-8-20-14-30(6)17(4)25(20)13-22/h7-10,12-13,15,26,28-29H,4-5,11,14H2,1-3,6H3. The number of anilines is 1. The zero-order valence-electron chi connectivity index (χ0n) is 18.3. The van der Waals surface area contributed by atoms with Crippen LogP contribution in [0.25, 0.3) is 11.3 Å². The van der Waals surface area contributed by atoms with Gasteiger partial charge in [0.15, 0.2) is 0 Å². The molecule has 0 saturated carbocycles. The lowest BCUT2D eigenvalue weighted by Gasteiger charge is -2.27. The van der Waals surface area contributed by atoms with Crippen LogP contribution >= 0.6 is 0 Å². The van der Waals surface area contributed by atoms with Crippen LogP contribution in [0.3, 0.4) is 0 Å². The van der Waals surface area contributed by atoms with E-state index in [-0.39, 0.29) is 11.9 Å². The Kier molecular flexibility index (Phi) is 5.19. The molecule has 0 bridgehead atoms. The van der Waals surface area contributed by atoms with Gasteiger partial charge in [0.1, 0.15) is 5.82 Å². The van der Waals surface area contributed by atoms with Crippen molar-refractivity contribution in [3.05, 3.63) is 89.0 Å². The average molecular weight is 404 g/mol. The van der Waals surface area contributed by atoms with E-state index in [9.17, 15) is 4.39 Å². The second kappa shape index (κ2) is 7.67. The van der Waals surface area contributed by atoms with Crippen LogP contribution in [0.5, 0.6) is 0 Å². The van der Waals surface area contributed by atoms with Crippen LogP contribution in [0.2, 0.25) is 0 Å². The minimum absolute atomic E-state index is 0.121. The predicted molar refractivity (Wildman–Crippen MR) is 124 cm³/mol. The van der Waals surface area contributed by atoms with E-state index in [0.29, 0.717) is 5.92 Å². The second-order valence-electron chi connectivity index (χ2n) is 8.77. The summed E-state index contributed by atoms with van der Waals surface area (Å²) < 4.78 is 13.7. The van der Waals surface area contributed by atoms with Crippen molar-refractivity contribution in [2.45, 2.75) is 39.8 Å². The number of allylic oxidation sites excluding steroid dienone is 1. The molecule has 0 saturated heterocycles. The minimum atomic E-state index is -0.182. The van der Waals surface area contributed by atoms with Crippen molar-refractivity contribution in [2.75, 3.05) is 12.4 Å². The van der Waals surface area contributed by atoms with Crippen LogP contribution in [0.1, 0.15) is 43.0 Å². The fraction of sp³-hybridized carbons (Fsp3) is 0.308. The van der Waals surface area contributed by atoms with Gasteiger partial charge in [-0.3, -0.25) is 0 Å². The van der Waals surface area contributed by atoms with Crippen molar-refractivity contribution >= 4 is 17.0 Å². The number of nitrogens with zero attached hydrogens (tertiary/aromatic N) is 1. The number of hydrogen-bond acceptors (Lipinski definition) is 3. The monoisotopic (exact) mass is 403 g/mol. The van der Waals surface area contributed by atoms with Gasteiger partial charge in [0.05, 0.1) is 11.9 Å². The highest BCUT2D eigenvalue weighted by Crippen LogP contribution is 2.37. The summed E-state index contributed by atoms with van der Waals surface area (Å²) >= 11 is 0. The van der Waals surface area contributed by atoms with E-state index < -0.39 is 0 Å². The lowest BCUT2D eigenvalue weighted by Crippen LogP contribution is -2.37. The summed E-state index contributed by atoms with van der Waals surface area (Å²) in [4.78, 5) is 2.16. The van der Waals surface area contributed by atoms with Gasteiger partial charge in [0.2, 0.25) is 0 Å². The Labute approximate surface area is 179 Å². The highest BCUT2D eigenvalue weighted by atomic mass is 19.1. The van der Waals surface area contributed by atoms with E-state index in [1.54, 1.807) is 12.1 Å². The highest BCUT2D eigenvalue weighted by Gasteiger charge is 2.27. The molecule has 0 spiro atoms. The third-order valence-corrected chi connectivity index (χ3v) is 6.29. The first-order valence-corrected chi connectivity index (χ1v) is 10.5. The van der Waals surface area contributed by atoms with Gasteiger partial charge < -0.3 is 15.5 Å². The van der Waals surface area contributed by atoms with Gasteiger partial charge >= 0.3 is 0 Å². The molecule has 2 aliphatic rings. The number of rotatable bonds is 6. The molecule has 2 aromatic rings. The van der Waals surface area contributed by atoms with Gasteiger partial charge in [-0.05, 0) is 71.4 Å². The Morgan fingerprint density at radius 3 is 2.57 bits per heavy atom. The fourth-order valence-corrected chi connectivity index (χ4v) is 4.58. The summed E-state index contributed by atoms with van der Waals surface area (Å²) in [6.45, 7) is 15.8. The summed E-state index contributed by atoms with van der Waals surface area (Å²) in [5, 5.41) is 7.00. The predicted octanol–water partition coefficient (Wildman–Crippen LogP) is 5.77. The maximum Gasteiger partial charge on any atom is 0.123 e. The first-order valence-electron chi connectivity index (χ1n) is 10.5. The third-order valence-electron chi connectivity index (χ3n) is 6.29. The SMILES string of the molecule is C=C(Nc1ccc2c(c1)C(=C)N(C)C2)NC(C1=C(C)c2cc(F)ccc2C1)C(C)C. The van der Waals surface area contributed by atoms with Gasteiger partial charge in [-0.25, -0.2) is 4.39 Å². The zero-order valence-corrected chi connectivity index (χ0v) is 18.3. The highest BCUT2D eigenvalue weighted by molar-refractivity contribution is 5.76. The van der Waals surface area contributed by atoms with Gasteiger partial charge in [-0.1, -0.05) is 39.1 Å². The first kappa shape index (κ1) is 20.3. The van der Waals surface area contributed by atoms with Crippen LogP contribution in [-0.4, -0.2) is 18.0 Å². The summed E-state index contributed by atoms with van der Waals surface area (Å²) in [6, 6.07) is 11.6. The van der Waals surface area contributed by atoms with Crippen molar-refractivity contribution in [3.63, 3.8) is 0 Å². The molecule has 4 heteroatoms. The van der Waals surface area contributed by atoms with Gasteiger partial charge in [0.25, 0.3) is 0 Å². The Morgan fingerprint density at radius 1 is 1.10 bits per heavy atom. The topological polar surface area (TPSA) is 27.3 Å². The van der Waals surface area contributed by atoms with E-state index in [4.69, 9.17) is 0 Å². The van der Waals surface area contributed by atoms with Crippen LogP contribution in [-0.2, 0) is 13.0 Å². The molecule has 2 aromatic carbocycles. The molecule has 30 heavy (non-hydrogen) atoms. The number of fused-ring (bicyclic) bond motifs is 2. The van der Waals surface area contributed by atoms with Crippen LogP contribution in [0.15, 0.2) is 61.0 Å². The quantitative estimate of drug-likeness (QED) is 0.641. The first-order chi connectivity index (χ1) is 14.2. The van der Waals surface area contributed by atoms with Gasteiger partial charge in [-0.2, -0.15) is 0 Å². The number of halogens is 1. The Bertz CT molecular complexity index is 1060. The molecule has 156 valence electrons. The molecule has 1 atom stereocenters.